The number of hydrogen-bond donors (Lipinski definition) is 1. The summed E-state index contributed by atoms with van der Waals surface area (Å²) in [5, 5.41) is 0.564. The van der Waals surface area contributed by atoms with Crippen molar-refractivity contribution in [2.75, 3.05) is 50.8 Å². The van der Waals surface area contributed by atoms with E-state index in [1.54, 1.807) is 4.90 Å². The maximum absolute atomic E-state index is 5.96. The first-order valence-electron chi connectivity index (χ1n) is 7.75. The van der Waals surface area contributed by atoms with Crippen molar-refractivity contribution in [3.8, 4) is 0 Å². The summed E-state index contributed by atoms with van der Waals surface area (Å²) in [6.45, 7) is 7.09. The normalized spacial score (nSPS) is 20.7. The van der Waals surface area contributed by atoms with Gasteiger partial charge in [-0.2, -0.15) is 0 Å². The summed E-state index contributed by atoms with van der Waals surface area (Å²) in [5.41, 5.74) is 0. The van der Waals surface area contributed by atoms with Gasteiger partial charge >= 0.3 is 0 Å². The fraction of sp³-hybridized carbons (Fsp3) is 0.667. The first-order chi connectivity index (χ1) is 10.3. The Morgan fingerprint density at radius 1 is 1.23 bits per heavy atom. The van der Waals surface area contributed by atoms with Gasteiger partial charge < -0.3 is 31.7 Å². The lowest BCUT2D eigenvalue weighted by Gasteiger charge is -2.33. The largest absolute Gasteiger partial charge is 1.00 e. The Balaban J connectivity index is 0.00000176. The Kier molecular flexibility index (Phi) is 7.18. The second-order valence-electron chi connectivity index (χ2n) is 5.62. The number of anilines is 1. The molecule has 1 aromatic rings. The average molecular weight is 348 g/mol. The Morgan fingerprint density at radius 3 is 2.64 bits per heavy atom. The van der Waals surface area contributed by atoms with Crippen LogP contribution in [-0.2, 0) is 9.47 Å². The molecule has 3 heterocycles. The van der Waals surface area contributed by atoms with Gasteiger partial charge in [-0.15, -0.1) is 0 Å². The van der Waals surface area contributed by atoms with E-state index in [-0.39, 0.29) is 18.7 Å². The van der Waals surface area contributed by atoms with Crippen molar-refractivity contribution in [2.24, 2.45) is 0 Å². The van der Waals surface area contributed by atoms with Crippen LogP contribution in [0.15, 0.2) is 18.2 Å². The fourth-order valence-corrected chi connectivity index (χ4v) is 3.06. The molecular formula is C15H23Cl2N3O2. The minimum atomic E-state index is 0. The van der Waals surface area contributed by atoms with Crippen LogP contribution in [0.3, 0.4) is 0 Å². The molecule has 0 amide bonds. The predicted molar refractivity (Wildman–Crippen MR) is 81.9 cm³/mol. The number of rotatable bonds is 4. The van der Waals surface area contributed by atoms with Crippen LogP contribution in [0.4, 0.5) is 5.82 Å². The zero-order chi connectivity index (χ0) is 14.5. The molecule has 124 valence electrons. The molecule has 0 atom stereocenters. The van der Waals surface area contributed by atoms with Gasteiger partial charge in [0.15, 0.2) is 6.29 Å². The fourth-order valence-electron chi connectivity index (χ4n) is 2.90. The van der Waals surface area contributed by atoms with Crippen molar-refractivity contribution in [1.82, 2.24) is 4.98 Å². The molecule has 22 heavy (non-hydrogen) atoms. The topological polar surface area (TPSA) is 39.0 Å². The van der Waals surface area contributed by atoms with E-state index >= 15 is 0 Å². The van der Waals surface area contributed by atoms with Crippen LogP contribution in [0.2, 0.25) is 5.15 Å². The highest BCUT2D eigenvalue weighted by Gasteiger charge is 2.23. The van der Waals surface area contributed by atoms with E-state index in [9.17, 15) is 0 Å². The summed E-state index contributed by atoms with van der Waals surface area (Å²) in [4.78, 5) is 8.31. The minimum Gasteiger partial charge on any atom is -1.00 e. The Labute approximate surface area is 142 Å². The Hall–Kier alpha value is -0.590. The molecule has 0 unspecified atom stereocenters. The quantitative estimate of drug-likeness (QED) is 0.616. The van der Waals surface area contributed by atoms with E-state index < -0.39 is 0 Å². The summed E-state index contributed by atoms with van der Waals surface area (Å²) in [6, 6.07) is 5.80. The highest BCUT2D eigenvalue weighted by Crippen LogP contribution is 2.14. The molecule has 7 heteroatoms. The third kappa shape index (κ3) is 4.96. The molecule has 1 aromatic heterocycles. The zero-order valence-electron chi connectivity index (χ0n) is 12.6. The zero-order valence-corrected chi connectivity index (χ0v) is 14.2. The van der Waals surface area contributed by atoms with Gasteiger partial charge in [-0.3, -0.25) is 0 Å². The van der Waals surface area contributed by atoms with E-state index in [4.69, 9.17) is 21.1 Å². The third-order valence-corrected chi connectivity index (χ3v) is 4.34. The second kappa shape index (κ2) is 8.89. The summed E-state index contributed by atoms with van der Waals surface area (Å²) in [5.74, 6) is 0.987. The van der Waals surface area contributed by atoms with Crippen LogP contribution in [0.1, 0.15) is 12.8 Å². The summed E-state index contributed by atoms with van der Waals surface area (Å²) in [7, 11) is 0. The van der Waals surface area contributed by atoms with E-state index in [2.05, 4.69) is 9.88 Å². The van der Waals surface area contributed by atoms with Crippen LogP contribution in [-0.4, -0.2) is 57.2 Å². The first-order valence-corrected chi connectivity index (χ1v) is 8.13. The maximum Gasteiger partial charge on any atom is 0.162 e. The number of nitrogens with one attached hydrogen (secondary N) is 1. The van der Waals surface area contributed by atoms with Gasteiger partial charge in [-0.1, -0.05) is 17.7 Å². The summed E-state index contributed by atoms with van der Waals surface area (Å²) >= 11 is 5.96. The number of quaternary nitrogens is 1. The van der Waals surface area contributed by atoms with Crippen molar-refractivity contribution in [3.63, 3.8) is 0 Å². The number of aromatic nitrogens is 1. The van der Waals surface area contributed by atoms with Gasteiger partial charge in [-0.05, 0) is 18.6 Å². The van der Waals surface area contributed by atoms with Crippen LogP contribution >= 0.6 is 11.6 Å². The molecule has 5 nitrogen and oxygen atoms in total. The standard InChI is InChI=1S/C15H22ClN3O2.ClH/c16-13-3-1-4-14(17-13)19-9-7-18(8-10-19)6-5-15-20-11-2-12-21-15;/h1,3-4,15H,2,5-12H2;1H. The lowest BCUT2D eigenvalue weighted by molar-refractivity contribution is -0.901. The number of halogens is 2. The molecule has 0 spiro atoms. The number of nitrogens with zero attached hydrogens (tertiary/aromatic N) is 2. The third-order valence-electron chi connectivity index (χ3n) is 4.12. The molecular weight excluding hydrogens is 325 g/mol. The Morgan fingerprint density at radius 2 is 1.95 bits per heavy atom. The molecule has 0 bridgehead atoms. The number of piperazine rings is 1. The van der Waals surface area contributed by atoms with E-state index in [0.29, 0.717) is 5.15 Å². The Bertz CT molecular complexity index is 450. The summed E-state index contributed by atoms with van der Waals surface area (Å²) < 4.78 is 11.2. The molecule has 0 aromatic carbocycles. The minimum absolute atomic E-state index is 0. The van der Waals surface area contributed by atoms with Crippen LogP contribution in [0.5, 0.6) is 0 Å². The molecule has 0 radical (unpaired) electrons. The molecule has 0 aliphatic carbocycles. The second-order valence-corrected chi connectivity index (χ2v) is 6.01. The maximum atomic E-state index is 5.96. The van der Waals surface area contributed by atoms with Crippen molar-refractivity contribution in [1.29, 1.82) is 0 Å². The van der Waals surface area contributed by atoms with E-state index in [1.165, 1.54) is 0 Å². The SMILES string of the molecule is Clc1cccc(N2CC[NH+](CCC3OCCCO3)CC2)n1.[Cl-]. The molecule has 1 N–H and O–H groups in total. The van der Waals surface area contributed by atoms with Gasteiger partial charge in [0, 0.05) is 6.42 Å². The van der Waals surface area contributed by atoms with Crippen molar-refractivity contribution in [2.45, 2.75) is 19.1 Å². The van der Waals surface area contributed by atoms with Crippen LogP contribution in [0.25, 0.3) is 0 Å². The van der Waals surface area contributed by atoms with E-state index in [0.717, 1.165) is 64.6 Å². The predicted octanol–water partition coefficient (Wildman–Crippen LogP) is -2.40. The highest BCUT2D eigenvalue weighted by molar-refractivity contribution is 6.29. The molecule has 2 aliphatic rings. The van der Waals surface area contributed by atoms with Crippen molar-refractivity contribution < 1.29 is 26.8 Å². The van der Waals surface area contributed by atoms with Crippen molar-refractivity contribution >= 4 is 17.4 Å². The smallest absolute Gasteiger partial charge is 0.162 e. The lowest BCUT2D eigenvalue weighted by Crippen LogP contribution is -3.15. The van der Waals surface area contributed by atoms with Gasteiger partial charge in [0.1, 0.15) is 11.0 Å². The van der Waals surface area contributed by atoms with Crippen molar-refractivity contribution in [3.05, 3.63) is 23.4 Å². The van der Waals surface area contributed by atoms with Gasteiger partial charge in [0.25, 0.3) is 0 Å². The number of hydrogen-bond acceptors (Lipinski definition) is 4. The first kappa shape index (κ1) is 17.8. The molecule has 2 aliphatic heterocycles. The van der Waals surface area contributed by atoms with Crippen LogP contribution < -0.4 is 22.2 Å². The molecule has 3 rings (SSSR count). The molecule has 0 saturated carbocycles. The van der Waals surface area contributed by atoms with Crippen LogP contribution in [0, 0.1) is 0 Å². The van der Waals surface area contributed by atoms with Gasteiger partial charge in [0.05, 0.1) is 45.9 Å². The van der Waals surface area contributed by atoms with Gasteiger partial charge in [-0.25, -0.2) is 4.98 Å². The molecule has 2 fully saturated rings. The monoisotopic (exact) mass is 347 g/mol. The van der Waals surface area contributed by atoms with E-state index in [1.807, 2.05) is 18.2 Å². The summed E-state index contributed by atoms with van der Waals surface area (Å²) in [6.07, 6.45) is 2.03. The lowest BCUT2D eigenvalue weighted by atomic mass is 10.2. The molecule has 2 saturated heterocycles. The number of ether oxygens (including phenoxy) is 2. The van der Waals surface area contributed by atoms with Gasteiger partial charge in [0.2, 0.25) is 0 Å². The average Bonchev–Trinajstić information content (AvgIpc) is 2.54. The number of pyridine rings is 1. The highest BCUT2D eigenvalue weighted by atomic mass is 35.5.